The highest BCUT2D eigenvalue weighted by molar-refractivity contribution is 5.57. The van der Waals surface area contributed by atoms with Crippen LogP contribution >= 0.6 is 0 Å². The fraction of sp³-hybridized carbons (Fsp3) is 0.500. The standard InChI is InChI=1S/C2F3N2/c3-2(4,5)1-7-6. The monoisotopic (exact) mass is 109 g/mol. The van der Waals surface area contributed by atoms with Crippen LogP contribution in [-0.4, -0.2) is 17.2 Å². The third-order valence-electron chi connectivity index (χ3n) is 0.177. The van der Waals surface area contributed by atoms with Crippen molar-refractivity contribution >= 4 is 6.21 Å². The minimum Gasteiger partial charge on any atom is -0.360 e. The van der Waals surface area contributed by atoms with Crippen molar-refractivity contribution in [2.24, 2.45) is 0 Å². The van der Waals surface area contributed by atoms with E-state index in [-0.39, 0.29) is 0 Å². The van der Waals surface area contributed by atoms with Crippen LogP contribution in [0.5, 0.6) is 0 Å². The van der Waals surface area contributed by atoms with Gasteiger partial charge in [0.15, 0.2) is 0 Å². The first-order chi connectivity index (χ1) is 3.06. The predicted octanol–water partition coefficient (Wildman–Crippen LogP) is 0.726. The SMILES string of the molecule is [N-]=[N+]=[C]C(F)(F)F. The summed E-state index contributed by atoms with van der Waals surface area (Å²) in [5.74, 6) is 0. The van der Waals surface area contributed by atoms with Gasteiger partial charge in [-0.05, 0) is 0 Å². The van der Waals surface area contributed by atoms with E-state index in [1.807, 2.05) is 0 Å². The maximum absolute atomic E-state index is 10.7. The molecule has 0 aliphatic heterocycles. The van der Waals surface area contributed by atoms with Crippen molar-refractivity contribution < 1.29 is 18.0 Å². The van der Waals surface area contributed by atoms with E-state index < -0.39 is 6.18 Å². The number of rotatable bonds is 0. The van der Waals surface area contributed by atoms with Gasteiger partial charge in [-0.1, -0.05) is 0 Å². The minimum absolute atomic E-state index is 0.465. The summed E-state index contributed by atoms with van der Waals surface area (Å²) >= 11 is 0. The molecule has 0 bridgehead atoms. The lowest BCUT2D eigenvalue weighted by atomic mass is 10.7. The molecule has 0 heterocycles. The Bertz CT molecular complexity index is 98.0. The molecule has 0 unspecified atom stereocenters. The zero-order valence-electron chi connectivity index (χ0n) is 3.03. The van der Waals surface area contributed by atoms with E-state index in [0.29, 0.717) is 6.21 Å². The average molecular weight is 109 g/mol. The largest absolute Gasteiger partial charge is 0.503 e. The Balaban J connectivity index is 3.80. The first-order valence-corrected chi connectivity index (χ1v) is 1.24. The average Bonchev–Trinajstić information content (AvgIpc) is 1.30. The highest BCUT2D eigenvalue weighted by Crippen LogP contribution is 2.08. The fourth-order valence-corrected chi connectivity index (χ4v) is 0.0567. The lowest BCUT2D eigenvalue weighted by molar-refractivity contribution is -0.102. The highest BCUT2D eigenvalue weighted by Gasteiger charge is 2.33. The molecule has 0 aromatic carbocycles. The van der Waals surface area contributed by atoms with E-state index in [1.54, 1.807) is 4.79 Å². The van der Waals surface area contributed by atoms with Crippen molar-refractivity contribution in [1.82, 2.24) is 0 Å². The van der Waals surface area contributed by atoms with Crippen molar-refractivity contribution in [3.8, 4) is 0 Å². The van der Waals surface area contributed by atoms with E-state index in [2.05, 4.69) is 0 Å². The summed E-state index contributed by atoms with van der Waals surface area (Å²) in [5.41, 5.74) is 7.20. The molecule has 0 fully saturated rings. The van der Waals surface area contributed by atoms with Crippen molar-refractivity contribution in [1.29, 1.82) is 0 Å². The van der Waals surface area contributed by atoms with Crippen molar-refractivity contribution in [3.63, 3.8) is 0 Å². The summed E-state index contributed by atoms with van der Waals surface area (Å²) in [4.78, 5) is 1.63. The molecule has 0 saturated heterocycles. The van der Waals surface area contributed by atoms with E-state index in [9.17, 15) is 13.2 Å². The number of nitrogens with zero attached hydrogens (tertiary/aromatic N) is 2. The quantitative estimate of drug-likeness (QED) is 0.250. The molecule has 1 radical (unpaired) electrons. The van der Waals surface area contributed by atoms with Gasteiger partial charge in [0, 0.05) is 0 Å². The van der Waals surface area contributed by atoms with Gasteiger partial charge in [0.2, 0.25) is 0 Å². The van der Waals surface area contributed by atoms with E-state index >= 15 is 0 Å². The van der Waals surface area contributed by atoms with Crippen LogP contribution in [0.2, 0.25) is 0 Å². The summed E-state index contributed by atoms with van der Waals surface area (Å²) < 4.78 is 32.1. The lowest BCUT2D eigenvalue weighted by Crippen LogP contribution is -2.08. The van der Waals surface area contributed by atoms with Crippen molar-refractivity contribution in [2.75, 3.05) is 0 Å². The molecule has 0 saturated carbocycles. The molecule has 0 aliphatic carbocycles. The van der Waals surface area contributed by atoms with Crippen LogP contribution in [-0.2, 0) is 0 Å². The Hall–Kier alpha value is -0.830. The molecule has 0 rings (SSSR count). The number of alkyl halides is 3. The molecule has 0 amide bonds. The summed E-state index contributed by atoms with van der Waals surface area (Å²) in [6, 6.07) is 0. The molecule has 7 heavy (non-hydrogen) atoms. The summed E-state index contributed by atoms with van der Waals surface area (Å²) in [7, 11) is 0. The molecule has 0 aromatic rings. The van der Waals surface area contributed by atoms with Gasteiger partial charge >= 0.3 is 12.4 Å². The topological polar surface area (TPSA) is 36.4 Å². The van der Waals surface area contributed by atoms with Gasteiger partial charge in [-0.3, -0.25) is 0 Å². The predicted molar refractivity (Wildman–Crippen MR) is 14.7 cm³/mol. The molecule has 39 valence electrons. The first-order valence-electron chi connectivity index (χ1n) is 1.24. The van der Waals surface area contributed by atoms with Crippen molar-refractivity contribution in [3.05, 3.63) is 5.53 Å². The Kier molecular flexibility index (Phi) is 1.54. The van der Waals surface area contributed by atoms with E-state index in [4.69, 9.17) is 5.53 Å². The summed E-state index contributed by atoms with van der Waals surface area (Å²) in [5, 5.41) is 0. The molecular formula is C2F3N2. The van der Waals surface area contributed by atoms with Crippen LogP contribution in [0, 0.1) is 0 Å². The number of hydrogen-bond acceptors (Lipinski definition) is 0. The zero-order chi connectivity index (χ0) is 5.91. The molecule has 0 spiro atoms. The van der Waals surface area contributed by atoms with Crippen LogP contribution in [0.15, 0.2) is 0 Å². The first kappa shape index (κ1) is 6.17. The van der Waals surface area contributed by atoms with Crippen LogP contribution in [0.3, 0.4) is 0 Å². The Morgan fingerprint density at radius 3 is 1.86 bits per heavy atom. The molecule has 0 aromatic heterocycles. The highest BCUT2D eigenvalue weighted by atomic mass is 19.4. The second-order valence-corrected chi connectivity index (χ2v) is 0.710. The third kappa shape index (κ3) is 5.17. The normalized spacial score (nSPS) is 10.1. The van der Waals surface area contributed by atoms with Crippen molar-refractivity contribution in [2.45, 2.75) is 6.18 Å². The Morgan fingerprint density at radius 2 is 1.86 bits per heavy atom. The van der Waals surface area contributed by atoms with Crippen LogP contribution in [0.25, 0.3) is 5.53 Å². The Labute approximate surface area is 37.2 Å². The molecule has 0 N–H and O–H groups in total. The maximum atomic E-state index is 10.7. The minimum atomic E-state index is -4.62. The Morgan fingerprint density at radius 1 is 1.43 bits per heavy atom. The molecule has 2 nitrogen and oxygen atoms in total. The van der Waals surface area contributed by atoms with Gasteiger partial charge in [0.25, 0.3) is 0 Å². The maximum Gasteiger partial charge on any atom is 0.503 e. The van der Waals surface area contributed by atoms with Gasteiger partial charge < -0.3 is 5.53 Å². The molecular weight excluding hydrogens is 109 g/mol. The summed E-state index contributed by atoms with van der Waals surface area (Å²) in [6.45, 7) is 0. The number of halogens is 3. The van der Waals surface area contributed by atoms with Crippen LogP contribution in [0.4, 0.5) is 13.2 Å². The van der Waals surface area contributed by atoms with Gasteiger partial charge in [-0.15, -0.1) is 0 Å². The molecule has 5 heteroatoms. The van der Waals surface area contributed by atoms with Gasteiger partial charge in [0.1, 0.15) is 0 Å². The van der Waals surface area contributed by atoms with Crippen LogP contribution in [0.1, 0.15) is 0 Å². The smallest absolute Gasteiger partial charge is 0.360 e. The second kappa shape index (κ2) is 1.75. The van der Waals surface area contributed by atoms with Gasteiger partial charge in [-0.2, -0.15) is 18.0 Å². The zero-order valence-corrected chi connectivity index (χ0v) is 3.03. The lowest BCUT2D eigenvalue weighted by Gasteiger charge is -1.82. The van der Waals surface area contributed by atoms with E-state index in [1.165, 1.54) is 0 Å². The summed E-state index contributed by atoms with van der Waals surface area (Å²) in [6.07, 6.45) is -4.15. The molecule has 0 atom stereocenters. The van der Waals surface area contributed by atoms with E-state index in [0.717, 1.165) is 0 Å². The van der Waals surface area contributed by atoms with Gasteiger partial charge in [-0.25, -0.2) is 0 Å². The second-order valence-electron chi connectivity index (χ2n) is 0.710. The number of hydrogen-bond donors (Lipinski definition) is 0. The van der Waals surface area contributed by atoms with Crippen LogP contribution < -0.4 is 0 Å². The fourth-order valence-electron chi connectivity index (χ4n) is 0.0567. The van der Waals surface area contributed by atoms with Gasteiger partial charge in [0.05, 0.1) is 0 Å². The molecule has 0 aliphatic rings. The third-order valence-corrected chi connectivity index (χ3v) is 0.177.